The lowest BCUT2D eigenvalue weighted by Gasteiger charge is -2.09. The fourth-order valence-electron chi connectivity index (χ4n) is 2.17. The average Bonchev–Trinajstić information content (AvgIpc) is 3.09. The maximum atomic E-state index is 11.5. The topological polar surface area (TPSA) is 81.9 Å². The van der Waals surface area contributed by atoms with Crippen molar-refractivity contribution < 1.29 is 9.53 Å². The number of ether oxygens (including phenoxy) is 1. The van der Waals surface area contributed by atoms with Crippen LogP contribution in [0.5, 0.6) is 0 Å². The molecule has 8 heteroatoms. The molecule has 0 bridgehead atoms. The molecular weight excluding hydrogens is 330 g/mol. The van der Waals surface area contributed by atoms with E-state index in [1.807, 2.05) is 30.3 Å². The molecule has 0 radical (unpaired) electrons. The maximum absolute atomic E-state index is 11.5. The number of esters is 1. The summed E-state index contributed by atoms with van der Waals surface area (Å²) in [6.45, 7) is 0.399. The fraction of sp³-hybridized carbons (Fsp3) is 0.125. The lowest BCUT2D eigenvalue weighted by molar-refractivity contribution is 0.0601. The van der Waals surface area contributed by atoms with Crippen molar-refractivity contribution in [3.05, 3.63) is 64.9 Å². The number of para-hydroxylation sites is 1. The summed E-state index contributed by atoms with van der Waals surface area (Å²) in [6, 6.07) is 14.6. The molecule has 122 valence electrons. The molecule has 0 saturated carbocycles. The van der Waals surface area contributed by atoms with Crippen molar-refractivity contribution in [2.24, 2.45) is 0 Å². The van der Waals surface area contributed by atoms with E-state index < -0.39 is 5.97 Å². The van der Waals surface area contributed by atoms with Crippen LogP contribution in [-0.4, -0.2) is 33.3 Å². The summed E-state index contributed by atoms with van der Waals surface area (Å²) in [7, 11) is 1.31. The fourth-order valence-corrected chi connectivity index (χ4v) is 2.43. The number of halogens is 1. The standard InChI is InChI=1S/C16H14ClN5O2/c1-24-16(23)13-8-7-11(9-14(13)17)18-10-15-19-20-21-22(15)12-5-3-2-4-6-12/h2-9,18H,10H2,1H3. The third-order valence-corrected chi connectivity index (χ3v) is 3.67. The van der Waals surface area contributed by atoms with Crippen LogP contribution in [-0.2, 0) is 11.3 Å². The number of tetrazole rings is 1. The minimum Gasteiger partial charge on any atom is -0.465 e. The van der Waals surface area contributed by atoms with Gasteiger partial charge in [0.25, 0.3) is 0 Å². The first-order chi connectivity index (χ1) is 11.7. The van der Waals surface area contributed by atoms with Crippen molar-refractivity contribution in [1.82, 2.24) is 20.2 Å². The molecule has 0 amide bonds. The van der Waals surface area contributed by atoms with Crippen LogP contribution in [0.15, 0.2) is 48.5 Å². The molecule has 0 aliphatic carbocycles. The second-order valence-corrected chi connectivity index (χ2v) is 5.29. The monoisotopic (exact) mass is 343 g/mol. The summed E-state index contributed by atoms with van der Waals surface area (Å²) in [6.07, 6.45) is 0. The number of aromatic nitrogens is 4. The van der Waals surface area contributed by atoms with Crippen LogP contribution in [0.2, 0.25) is 5.02 Å². The van der Waals surface area contributed by atoms with Crippen molar-refractivity contribution in [1.29, 1.82) is 0 Å². The summed E-state index contributed by atoms with van der Waals surface area (Å²) in [5, 5.41) is 15.2. The van der Waals surface area contributed by atoms with E-state index in [1.165, 1.54) is 7.11 Å². The van der Waals surface area contributed by atoms with Crippen LogP contribution in [0.25, 0.3) is 5.69 Å². The zero-order valence-corrected chi connectivity index (χ0v) is 13.6. The Kier molecular flexibility index (Phi) is 4.72. The van der Waals surface area contributed by atoms with E-state index in [1.54, 1.807) is 22.9 Å². The van der Waals surface area contributed by atoms with Crippen LogP contribution < -0.4 is 5.32 Å². The molecule has 0 saturated heterocycles. The number of benzene rings is 2. The number of carbonyl (C=O) groups is 1. The Labute approximate surface area is 143 Å². The molecule has 3 rings (SSSR count). The summed E-state index contributed by atoms with van der Waals surface area (Å²) < 4.78 is 6.32. The van der Waals surface area contributed by atoms with E-state index in [9.17, 15) is 4.79 Å². The first-order valence-electron chi connectivity index (χ1n) is 7.13. The molecule has 0 atom stereocenters. The zero-order valence-electron chi connectivity index (χ0n) is 12.8. The SMILES string of the molecule is COC(=O)c1ccc(NCc2nnnn2-c2ccccc2)cc1Cl. The van der Waals surface area contributed by atoms with Gasteiger partial charge in [0, 0.05) is 5.69 Å². The van der Waals surface area contributed by atoms with Gasteiger partial charge in [-0.1, -0.05) is 29.8 Å². The maximum Gasteiger partial charge on any atom is 0.339 e. The predicted octanol–water partition coefficient (Wildman–Crippen LogP) is 2.71. The minimum absolute atomic E-state index is 0.314. The first kappa shape index (κ1) is 15.9. The van der Waals surface area contributed by atoms with Gasteiger partial charge in [-0.25, -0.2) is 4.79 Å². The molecule has 0 fully saturated rings. The van der Waals surface area contributed by atoms with Crippen molar-refractivity contribution in [3.63, 3.8) is 0 Å². The summed E-state index contributed by atoms with van der Waals surface area (Å²) in [5.41, 5.74) is 1.94. The number of hydrogen-bond donors (Lipinski definition) is 1. The first-order valence-corrected chi connectivity index (χ1v) is 7.51. The van der Waals surface area contributed by atoms with Crippen molar-refractivity contribution >= 4 is 23.3 Å². The molecule has 24 heavy (non-hydrogen) atoms. The largest absolute Gasteiger partial charge is 0.465 e. The third-order valence-electron chi connectivity index (χ3n) is 3.36. The molecule has 0 aliphatic rings. The highest BCUT2D eigenvalue weighted by Gasteiger charge is 2.12. The van der Waals surface area contributed by atoms with Crippen LogP contribution in [0.1, 0.15) is 16.2 Å². The Morgan fingerprint density at radius 2 is 2.04 bits per heavy atom. The Morgan fingerprint density at radius 3 is 2.75 bits per heavy atom. The number of nitrogens with zero attached hydrogens (tertiary/aromatic N) is 4. The van der Waals surface area contributed by atoms with E-state index in [0.717, 1.165) is 11.4 Å². The van der Waals surface area contributed by atoms with Gasteiger partial charge in [0.15, 0.2) is 5.82 Å². The summed E-state index contributed by atoms with van der Waals surface area (Å²) in [5.74, 6) is 0.175. The van der Waals surface area contributed by atoms with Gasteiger partial charge in [-0.2, -0.15) is 4.68 Å². The highest BCUT2D eigenvalue weighted by molar-refractivity contribution is 6.33. The van der Waals surface area contributed by atoms with Crippen LogP contribution in [0, 0.1) is 0 Å². The molecule has 7 nitrogen and oxygen atoms in total. The molecule has 0 aliphatic heterocycles. The van der Waals surface area contributed by atoms with Gasteiger partial charge in [0.1, 0.15) is 0 Å². The number of rotatable bonds is 5. The molecule has 0 unspecified atom stereocenters. The number of anilines is 1. The Bertz CT molecular complexity index is 851. The molecule has 0 spiro atoms. The normalized spacial score (nSPS) is 10.4. The van der Waals surface area contributed by atoms with E-state index in [-0.39, 0.29) is 0 Å². The lowest BCUT2D eigenvalue weighted by Crippen LogP contribution is -2.09. The van der Waals surface area contributed by atoms with Crippen molar-refractivity contribution in [3.8, 4) is 5.69 Å². The van der Waals surface area contributed by atoms with E-state index in [0.29, 0.717) is 23.0 Å². The number of carbonyl (C=O) groups excluding carboxylic acids is 1. The second-order valence-electron chi connectivity index (χ2n) is 4.88. The molecule has 1 N–H and O–H groups in total. The molecule has 1 aromatic heterocycles. The van der Waals surface area contributed by atoms with Crippen molar-refractivity contribution in [2.45, 2.75) is 6.54 Å². The Balaban J connectivity index is 1.74. The predicted molar refractivity (Wildman–Crippen MR) is 89.3 cm³/mol. The molecule has 3 aromatic rings. The van der Waals surface area contributed by atoms with Crippen LogP contribution in [0.4, 0.5) is 5.69 Å². The van der Waals surface area contributed by atoms with Gasteiger partial charge in [-0.3, -0.25) is 0 Å². The van der Waals surface area contributed by atoms with E-state index >= 15 is 0 Å². The number of hydrogen-bond acceptors (Lipinski definition) is 6. The molecular formula is C16H14ClN5O2. The van der Waals surface area contributed by atoms with Crippen molar-refractivity contribution in [2.75, 3.05) is 12.4 Å². The Hall–Kier alpha value is -2.93. The van der Waals surface area contributed by atoms with E-state index in [2.05, 4.69) is 25.6 Å². The second kappa shape index (κ2) is 7.10. The number of nitrogens with one attached hydrogen (secondary N) is 1. The van der Waals surface area contributed by atoms with Gasteiger partial charge in [-0.15, -0.1) is 5.10 Å². The summed E-state index contributed by atoms with van der Waals surface area (Å²) in [4.78, 5) is 11.5. The van der Waals surface area contributed by atoms with E-state index in [4.69, 9.17) is 11.6 Å². The van der Waals surface area contributed by atoms with Crippen LogP contribution in [0.3, 0.4) is 0 Å². The quantitative estimate of drug-likeness (QED) is 0.717. The highest BCUT2D eigenvalue weighted by atomic mass is 35.5. The summed E-state index contributed by atoms with van der Waals surface area (Å²) >= 11 is 6.10. The smallest absolute Gasteiger partial charge is 0.339 e. The third kappa shape index (κ3) is 3.36. The Morgan fingerprint density at radius 1 is 1.25 bits per heavy atom. The van der Waals surface area contributed by atoms with Gasteiger partial charge in [0.05, 0.1) is 29.9 Å². The van der Waals surface area contributed by atoms with Gasteiger partial charge < -0.3 is 10.1 Å². The molecule has 2 aromatic carbocycles. The minimum atomic E-state index is -0.473. The lowest BCUT2D eigenvalue weighted by atomic mass is 10.2. The van der Waals surface area contributed by atoms with Gasteiger partial charge >= 0.3 is 5.97 Å². The average molecular weight is 344 g/mol. The number of methoxy groups -OCH3 is 1. The highest BCUT2D eigenvalue weighted by Crippen LogP contribution is 2.22. The van der Waals surface area contributed by atoms with Gasteiger partial charge in [0.2, 0.25) is 0 Å². The van der Waals surface area contributed by atoms with Crippen LogP contribution >= 0.6 is 11.6 Å². The molecule has 1 heterocycles. The zero-order chi connectivity index (χ0) is 16.9. The van der Waals surface area contributed by atoms with Gasteiger partial charge in [-0.05, 0) is 40.8 Å².